The fourth-order valence-corrected chi connectivity index (χ4v) is 2.09. The van der Waals surface area contributed by atoms with Gasteiger partial charge in [0.25, 0.3) is 5.69 Å². The number of benzene rings is 1. The van der Waals surface area contributed by atoms with Crippen LogP contribution in [0.15, 0.2) is 29.4 Å². The standard InChI is InChI=1S/C14H17N5O2/c1-13(2,3)18-9-14(16,8-15)12(17-18)10-4-6-11(7-5-10)19(20)21/h4-7H,9,16H2,1-3H3. The molecule has 1 aromatic rings. The molecule has 7 heteroatoms. The van der Waals surface area contributed by atoms with Crippen molar-refractivity contribution in [2.24, 2.45) is 10.8 Å². The second-order valence-electron chi connectivity index (χ2n) is 6.06. The van der Waals surface area contributed by atoms with Gasteiger partial charge in [0.05, 0.1) is 17.5 Å². The molecule has 21 heavy (non-hydrogen) atoms. The summed E-state index contributed by atoms with van der Waals surface area (Å²) >= 11 is 0. The number of nitrogens with two attached hydrogens (primary N) is 1. The van der Waals surface area contributed by atoms with Crippen molar-refractivity contribution in [1.82, 2.24) is 5.01 Å². The van der Waals surface area contributed by atoms with Crippen LogP contribution in [-0.4, -0.2) is 33.3 Å². The zero-order valence-electron chi connectivity index (χ0n) is 12.2. The van der Waals surface area contributed by atoms with Crippen LogP contribution in [0.5, 0.6) is 0 Å². The Kier molecular flexibility index (Phi) is 3.43. The van der Waals surface area contributed by atoms with Crippen LogP contribution in [0.4, 0.5) is 5.69 Å². The third kappa shape index (κ3) is 2.71. The number of hydrogen-bond donors (Lipinski definition) is 1. The molecule has 0 fully saturated rings. The predicted molar refractivity (Wildman–Crippen MR) is 78.6 cm³/mol. The molecule has 1 atom stereocenters. The summed E-state index contributed by atoms with van der Waals surface area (Å²) < 4.78 is 0. The van der Waals surface area contributed by atoms with Gasteiger partial charge in [-0.3, -0.25) is 15.1 Å². The third-order valence-corrected chi connectivity index (χ3v) is 3.37. The lowest BCUT2D eigenvalue weighted by atomic mass is 9.91. The second-order valence-corrected chi connectivity index (χ2v) is 6.06. The van der Waals surface area contributed by atoms with E-state index in [9.17, 15) is 15.4 Å². The predicted octanol–water partition coefficient (Wildman–Crippen LogP) is 1.63. The van der Waals surface area contributed by atoms with Gasteiger partial charge >= 0.3 is 0 Å². The van der Waals surface area contributed by atoms with Gasteiger partial charge < -0.3 is 5.73 Å². The van der Waals surface area contributed by atoms with Crippen molar-refractivity contribution in [3.8, 4) is 6.07 Å². The van der Waals surface area contributed by atoms with E-state index in [0.29, 0.717) is 17.8 Å². The highest BCUT2D eigenvalue weighted by Crippen LogP contribution is 2.27. The van der Waals surface area contributed by atoms with Gasteiger partial charge in [-0.05, 0) is 32.9 Å². The van der Waals surface area contributed by atoms with Crippen molar-refractivity contribution in [1.29, 1.82) is 5.26 Å². The molecule has 110 valence electrons. The Morgan fingerprint density at radius 1 is 1.43 bits per heavy atom. The van der Waals surface area contributed by atoms with E-state index in [1.807, 2.05) is 20.8 Å². The first-order chi connectivity index (χ1) is 9.67. The van der Waals surface area contributed by atoms with Crippen molar-refractivity contribution >= 4 is 11.4 Å². The molecule has 0 amide bonds. The van der Waals surface area contributed by atoms with Crippen LogP contribution in [0.3, 0.4) is 0 Å². The molecule has 0 spiro atoms. The molecule has 0 aromatic heterocycles. The third-order valence-electron chi connectivity index (χ3n) is 3.37. The topological polar surface area (TPSA) is 109 Å². The molecule has 1 heterocycles. The minimum atomic E-state index is -1.22. The Labute approximate surface area is 122 Å². The van der Waals surface area contributed by atoms with E-state index in [0.717, 1.165) is 0 Å². The van der Waals surface area contributed by atoms with Crippen LogP contribution in [-0.2, 0) is 0 Å². The van der Waals surface area contributed by atoms with Gasteiger partial charge in [0.2, 0.25) is 0 Å². The average Bonchev–Trinajstić information content (AvgIpc) is 2.77. The smallest absolute Gasteiger partial charge is 0.269 e. The van der Waals surface area contributed by atoms with Crippen molar-refractivity contribution in [2.75, 3.05) is 6.54 Å². The molecule has 0 radical (unpaired) electrons. The van der Waals surface area contributed by atoms with E-state index in [2.05, 4.69) is 11.2 Å². The summed E-state index contributed by atoms with van der Waals surface area (Å²) in [6.07, 6.45) is 0. The number of hydrogen-bond acceptors (Lipinski definition) is 6. The Balaban J connectivity index is 2.44. The van der Waals surface area contributed by atoms with Crippen LogP contribution in [0.2, 0.25) is 0 Å². The first-order valence-corrected chi connectivity index (χ1v) is 6.49. The number of nitriles is 1. The van der Waals surface area contributed by atoms with Crippen molar-refractivity contribution in [2.45, 2.75) is 31.8 Å². The van der Waals surface area contributed by atoms with E-state index < -0.39 is 10.5 Å². The van der Waals surface area contributed by atoms with Gasteiger partial charge in [-0.2, -0.15) is 10.4 Å². The Bertz CT molecular complexity index is 639. The molecular formula is C14H17N5O2. The summed E-state index contributed by atoms with van der Waals surface area (Å²) in [4.78, 5) is 10.2. The number of nitro benzene ring substituents is 1. The summed E-state index contributed by atoms with van der Waals surface area (Å²) in [6, 6.07) is 8.01. The summed E-state index contributed by atoms with van der Waals surface area (Å²) in [5.41, 5.74) is 5.73. The van der Waals surface area contributed by atoms with Gasteiger partial charge in [-0.25, -0.2) is 0 Å². The molecule has 2 rings (SSSR count). The fraction of sp³-hybridized carbons (Fsp3) is 0.429. The van der Waals surface area contributed by atoms with Crippen molar-refractivity contribution in [3.63, 3.8) is 0 Å². The zero-order chi connectivity index (χ0) is 15.8. The maximum atomic E-state index is 10.7. The number of non-ortho nitro benzene ring substituents is 1. The highest BCUT2D eigenvalue weighted by molar-refractivity contribution is 6.10. The van der Waals surface area contributed by atoms with E-state index in [4.69, 9.17) is 5.73 Å². The lowest BCUT2D eigenvalue weighted by molar-refractivity contribution is -0.384. The highest BCUT2D eigenvalue weighted by atomic mass is 16.6. The molecule has 0 bridgehead atoms. The van der Waals surface area contributed by atoms with Gasteiger partial charge in [0, 0.05) is 23.2 Å². The normalized spacial score (nSPS) is 21.9. The van der Waals surface area contributed by atoms with Gasteiger partial charge in [0.15, 0.2) is 5.54 Å². The summed E-state index contributed by atoms with van der Waals surface area (Å²) in [5.74, 6) is 0. The molecular weight excluding hydrogens is 270 g/mol. The molecule has 1 unspecified atom stereocenters. The van der Waals surface area contributed by atoms with Crippen molar-refractivity contribution < 1.29 is 4.92 Å². The highest BCUT2D eigenvalue weighted by Gasteiger charge is 2.43. The lowest BCUT2D eigenvalue weighted by Gasteiger charge is -2.31. The molecule has 0 saturated carbocycles. The second kappa shape index (κ2) is 4.82. The largest absolute Gasteiger partial charge is 0.307 e. The number of rotatable bonds is 2. The first kappa shape index (κ1) is 14.9. The van der Waals surface area contributed by atoms with Gasteiger partial charge in [-0.15, -0.1) is 0 Å². The van der Waals surface area contributed by atoms with Gasteiger partial charge in [-0.1, -0.05) is 0 Å². The Hall–Kier alpha value is -2.46. The SMILES string of the molecule is CC(C)(C)N1CC(N)(C#N)C(c2ccc([N+](=O)[O-])cc2)=N1. The van der Waals surface area contributed by atoms with Crippen LogP contribution in [0.1, 0.15) is 26.3 Å². The fourth-order valence-electron chi connectivity index (χ4n) is 2.09. The molecule has 7 nitrogen and oxygen atoms in total. The van der Waals surface area contributed by atoms with E-state index >= 15 is 0 Å². The number of nitro groups is 1. The van der Waals surface area contributed by atoms with Crippen LogP contribution < -0.4 is 5.73 Å². The zero-order valence-corrected chi connectivity index (χ0v) is 12.2. The average molecular weight is 287 g/mol. The quantitative estimate of drug-likeness (QED) is 0.657. The summed E-state index contributed by atoms with van der Waals surface area (Å²) in [6.45, 7) is 6.23. The summed E-state index contributed by atoms with van der Waals surface area (Å²) in [7, 11) is 0. The van der Waals surface area contributed by atoms with Crippen LogP contribution in [0, 0.1) is 21.4 Å². The van der Waals surface area contributed by atoms with Crippen LogP contribution >= 0.6 is 0 Å². The molecule has 0 aliphatic carbocycles. The molecule has 1 aliphatic rings. The minimum Gasteiger partial charge on any atom is -0.307 e. The summed E-state index contributed by atoms with van der Waals surface area (Å²) in [5, 5.41) is 26.3. The van der Waals surface area contributed by atoms with E-state index in [1.54, 1.807) is 17.1 Å². The number of nitrogens with zero attached hydrogens (tertiary/aromatic N) is 4. The molecule has 2 N–H and O–H groups in total. The maximum Gasteiger partial charge on any atom is 0.269 e. The van der Waals surface area contributed by atoms with E-state index in [-0.39, 0.29) is 11.2 Å². The molecule has 1 aromatic carbocycles. The van der Waals surface area contributed by atoms with E-state index in [1.165, 1.54) is 12.1 Å². The van der Waals surface area contributed by atoms with Crippen LogP contribution in [0.25, 0.3) is 0 Å². The van der Waals surface area contributed by atoms with Crippen molar-refractivity contribution in [3.05, 3.63) is 39.9 Å². The monoisotopic (exact) mass is 287 g/mol. The number of hydrazone groups is 1. The lowest BCUT2D eigenvalue weighted by Crippen LogP contribution is -2.51. The maximum absolute atomic E-state index is 10.7. The molecule has 0 saturated heterocycles. The first-order valence-electron chi connectivity index (χ1n) is 6.49. The molecule has 1 aliphatic heterocycles. The minimum absolute atomic E-state index is 0.00963. The van der Waals surface area contributed by atoms with Gasteiger partial charge in [0.1, 0.15) is 5.71 Å². The Morgan fingerprint density at radius 3 is 2.43 bits per heavy atom. The Morgan fingerprint density at radius 2 is 2.00 bits per heavy atom.